The number of esters is 1. The maximum absolute atomic E-state index is 12.4. The monoisotopic (exact) mass is 408 g/mol. The van der Waals surface area contributed by atoms with E-state index >= 15 is 0 Å². The summed E-state index contributed by atoms with van der Waals surface area (Å²) in [6.45, 7) is 6.15. The molecule has 1 heterocycles. The highest BCUT2D eigenvalue weighted by molar-refractivity contribution is 6.00. The smallest absolute Gasteiger partial charge is 0.311 e. The number of aryl methyl sites for hydroxylation is 1. The molecule has 2 amide bonds. The van der Waals surface area contributed by atoms with Crippen LogP contribution in [0.3, 0.4) is 0 Å². The molecule has 30 heavy (non-hydrogen) atoms. The van der Waals surface area contributed by atoms with E-state index < -0.39 is 17.8 Å². The van der Waals surface area contributed by atoms with Crippen molar-refractivity contribution in [2.75, 3.05) is 23.4 Å². The van der Waals surface area contributed by atoms with Crippen molar-refractivity contribution in [2.45, 2.75) is 39.5 Å². The molecule has 6 heteroatoms. The molecule has 2 atom stereocenters. The van der Waals surface area contributed by atoms with E-state index in [1.54, 1.807) is 4.90 Å². The lowest BCUT2D eigenvalue weighted by atomic mass is 9.99. The normalized spacial score (nSPS) is 17.0. The second kappa shape index (κ2) is 9.57. The lowest BCUT2D eigenvalue weighted by Gasteiger charge is -2.16. The van der Waals surface area contributed by atoms with Gasteiger partial charge in [-0.05, 0) is 49.1 Å². The Morgan fingerprint density at radius 1 is 1.13 bits per heavy atom. The predicted molar refractivity (Wildman–Crippen MR) is 116 cm³/mol. The summed E-state index contributed by atoms with van der Waals surface area (Å²) >= 11 is 0. The minimum Gasteiger partial charge on any atom is -0.455 e. The highest BCUT2D eigenvalue weighted by Crippen LogP contribution is 2.26. The second-order valence-corrected chi connectivity index (χ2v) is 7.83. The number of amides is 2. The molecule has 1 aliphatic rings. The van der Waals surface area contributed by atoms with Gasteiger partial charge < -0.3 is 15.0 Å². The molecule has 0 spiro atoms. The van der Waals surface area contributed by atoms with Gasteiger partial charge in [0, 0.05) is 24.3 Å². The van der Waals surface area contributed by atoms with Crippen molar-refractivity contribution in [3.05, 3.63) is 59.7 Å². The fraction of sp³-hybridized carbons (Fsp3) is 0.375. The summed E-state index contributed by atoms with van der Waals surface area (Å²) in [6.07, 6.45) is 1.14. The molecular weight excluding hydrogens is 380 g/mol. The average molecular weight is 408 g/mol. The summed E-state index contributed by atoms with van der Waals surface area (Å²) in [5, 5.41) is 2.73. The third-order valence-corrected chi connectivity index (χ3v) is 5.53. The maximum atomic E-state index is 12.4. The van der Waals surface area contributed by atoms with E-state index in [2.05, 4.69) is 19.2 Å². The molecule has 0 aliphatic carbocycles. The van der Waals surface area contributed by atoms with Crippen LogP contribution in [0.25, 0.3) is 0 Å². The van der Waals surface area contributed by atoms with Crippen LogP contribution in [0, 0.1) is 12.8 Å². The van der Waals surface area contributed by atoms with E-state index in [0.29, 0.717) is 11.6 Å². The van der Waals surface area contributed by atoms with Crippen molar-refractivity contribution < 1.29 is 19.1 Å². The summed E-state index contributed by atoms with van der Waals surface area (Å²) in [6, 6.07) is 15.2. The zero-order valence-corrected chi connectivity index (χ0v) is 17.7. The van der Waals surface area contributed by atoms with Crippen LogP contribution in [0.2, 0.25) is 0 Å². The number of nitrogens with one attached hydrogen (secondary N) is 1. The van der Waals surface area contributed by atoms with E-state index in [4.69, 9.17) is 4.74 Å². The summed E-state index contributed by atoms with van der Waals surface area (Å²) < 4.78 is 5.16. The molecular formula is C24H28N2O4. The third kappa shape index (κ3) is 5.26. The molecule has 2 aromatic carbocycles. The van der Waals surface area contributed by atoms with Gasteiger partial charge in [-0.25, -0.2) is 0 Å². The van der Waals surface area contributed by atoms with Crippen molar-refractivity contribution in [1.82, 2.24) is 0 Å². The van der Waals surface area contributed by atoms with Crippen LogP contribution in [-0.4, -0.2) is 30.9 Å². The van der Waals surface area contributed by atoms with E-state index in [-0.39, 0.29) is 25.5 Å². The van der Waals surface area contributed by atoms with Crippen LogP contribution in [0.1, 0.15) is 43.7 Å². The largest absolute Gasteiger partial charge is 0.455 e. The Labute approximate surface area is 177 Å². The summed E-state index contributed by atoms with van der Waals surface area (Å²) in [4.78, 5) is 38.4. The lowest BCUT2D eigenvalue weighted by molar-refractivity contribution is -0.151. The molecule has 1 fully saturated rings. The number of anilines is 2. The van der Waals surface area contributed by atoms with E-state index in [9.17, 15) is 14.4 Å². The predicted octanol–water partition coefficient (Wildman–Crippen LogP) is 4.04. The molecule has 158 valence electrons. The van der Waals surface area contributed by atoms with Crippen molar-refractivity contribution in [3.63, 3.8) is 0 Å². The maximum Gasteiger partial charge on any atom is 0.311 e. The number of rotatable bonds is 7. The fourth-order valence-corrected chi connectivity index (χ4v) is 3.42. The number of carbonyl (C=O) groups is 3. The van der Waals surface area contributed by atoms with E-state index in [0.717, 1.165) is 17.7 Å². The molecule has 0 radical (unpaired) electrons. The number of hydrogen-bond donors (Lipinski definition) is 1. The van der Waals surface area contributed by atoms with Gasteiger partial charge in [0.15, 0.2) is 6.61 Å². The molecule has 1 aliphatic heterocycles. The van der Waals surface area contributed by atoms with Crippen LogP contribution in [0.15, 0.2) is 48.5 Å². The van der Waals surface area contributed by atoms with Gasteiger partial charge >= 0.3 is 5.97 Å². The number of benzene rings is 2. The molecule has 0 aromatic heterocycles. The van der Waals surface area contributed by atoms with Gasteiger partial charge in [0.25, 0.3) is 5.91 Å². The van der Waals surface area contributed by atoms with E-state index in [1.165, 1.54) is 5.56 Å². The zero-order chi connectivity index (χ0) is 21.7. The summed E-state index contributed by atoms with van der Waals surface area (Å²) in [5.41, 5.74) is 3.73. The molecule has 1 saturated heterocycles. The third-order valence-electron chi connectivity index (χ3n) is 5.53. The Morgan fingerprint density at radius 3 is 2.43 bits per heavy atom. The second-order valence-electron chi connectivity index (χ2n) is 7.83. The molecule has 3 rings (SSSR count). The zero-order valence-electron chi connectivity index (χ0n) is 17.7. The van der Waals surface area contributed by atoms with Crippen LogP contribution >= 0.6 is 0 Å². The van der Waals surface area contributed by atoms with Gasteiger partial charge in [-0.1, -0.05) is 43.7 Å². The number of nitrogens with zero attached hydrogens (tertiary/aromatic N) is 1. The van der Waals surface area contributed by atoms with Gasteiger partial charge in [0.1, 0.15) is 0 Å². The minimum absolute atomic E-state index is 0.0887. The Hall–Kier alpha value is -3.15. The van der Waals surface area contributed by atoms with Crippen LogP contribution in [0.5, 0.6) is 0 Å². The van der Waals surface area contributed by atoms with Gasteiger partial charge in [0.05, 0.1) is 5.92 Å². The Morgan fingerprint density at radius 2 is 1.80 bits per heavy atom. The van der Waals surface area contributed by atoms with Crippen LogP contribution in [-0.2, 0) is 19.1 Å². The topological polar surface area (TPSA) is 75.7 Å². The molecule has 0 saturated carbocycles. The van der Waals surface area contributed by atoms with Crippen LogP contribution < -0.4 is 10.2 Å². The lowest BCUT2D eigenvalue weighted by Crippen LogP contribution is -2.28. The van der Waals surface area contributed by atoms with Crippen molar-refractivity contribution >= 4 is 29.2 Å². The van der Waals surface area contributed by atoms with Gasteiger partial charge in [-0.15, -0.1) is 0 Å². The Balaban J connectivity index is 1.48. The van der Waals surface area contributed by atoms with Crippen LogP contribution in [0.4, 0.5) is 11.4 Å². The SMILES string of the molecule is CC[C@@H](C)c1ccc(NC(=O)COC(=O)[C@@H]2CC(=O)N(c3ccc(C)cc3)C2)cc1. The number of carbonyl (C=O) groups excluding carboxylic acids is 3. The van der Waals surface area contributed by atoms with Crippen molar-refractivity contribution in [3.8, 4) is 0 Å². The fourth-order valence-electron chi connectivity index (χ4n) is 3.42. The first kappa shape index (κ1) is 21.6. The van der Waals surface area contributed by atoms with Crippen molar-refractivity contribution in [2.24, 2.45) is 5.92 Å². The van der Waals surface area contributed by atoms with Gasteiger partial charge in [-0.2, -0.15) is 0 Å². The van der Waals surface area contributed by atoms with Crippen molar-refractivity contribution in [1.29, 1.82) is 0 Å². The Kier molecular flexibility index (Phi) is 6.87. The molecule has 1 N–H and O–H groups in total. The number of ether oxygens (including phenoxy) is 1. The first-order chi connectivity index (χ1) is 14.4. The van der Waals surface area contributed by atoms with Gasteiger partial charge in [0.2, 0.25) is 5.91 Å². The molecule has 6 nitrogen and oxygen atoms in total. The highest BCUT2D eigenvalue weighted by Gasteiger charge is 2.36. The standard InChI is InChI=1S/C24H28N2O4/c1-4-17(3)18-7-9-20(10-8-18)25-22(27)15-30-24(29)19-13-23(28)26(14-19)21-11-5-16(2)6-12-21/h5-12,17,19H,4,13-15H2,1-3H3,(H,25,27)/t17-,19-/m1/s1. The van der Waals surface area contributed by atoms with Gasteiger partial charge in [-0.3, -0.25) is 14.4 Å². The Bertz CT molecular complexity index is 906. The minimum atomic E-state index is -0.568. The molecule has 0 unspecified atom stereocenters. The first-order valence-electron chi connectivity index (χ1n) is 10.3. The van der Waals surface area contributed by atoms with E-state index in [1.807, 2.05) is 55.5 Å². The average Bonchev–Trinajstić information content (AvgIpc) is 3.14. The molecule has 2 aromatic rings. The molecule has 0 bridgehead atoms. The first-order valence-corrected chi connectivity index (χ1v) is 10.3. The summed E-state index contributed by atoms with van der Waals surface area (Å²) in [5.74, 6) is -1.16. The highest BCUT2D eigenvalue weighted by atomic mass is 16.5. The quantitative estimate of drug-likeness (QED) is 0.702. The number of hydrogen-bond acceptors (Lipinski definition) is 4. The summed E-state index contributed by atoms with van der Waals surface area (Å²) in [7, 11) is 0.